The minimum atomic E-state index is -0.0968. The Hall–Kier alpha value is -2.53. The van der Waals surface area contributed by atoms with Gasteiger partial charge in [0.15, 0.2) is 0 Å². The third-order valence-corrected chi connectivity index (χ3v) is 5.12. The summed E-state index contributed by atoms with van der Waals surface area (Å²) in [7, 11) is 1.66. The van der Waals surface area contributed by atoms with Crippen LogP contribution in [0.1, 0.15) is 24.8 Å². The third-order valence-electron chi connectivity index (χ3n) is 5.12. The Labute approximate surface area is 160 Å². The van der Waals surface area contributed by atoms with Gasteiger partial charge in [-0.3, -0.25) is 4.79 Å². The van der Waals surface area contributed by atoms with Gasteiger partial charge >= 0.3 is 0 Å². The molecule has 1 aliphatic rings. The molecule has 1 N–H and O–H groups in total. The molecule has 27 heavy (non-hydrogen) atoms. The second-order valence-electron chi connectivity index (χ2n) is 6.81. The summed E-state index contributed by atoms with van der Waals surface area (Å²) in [5.41, 5.74) is 1.12. The molecule has 144 valence electrons. The van der Waals surface area contributed by atoms with Crippen molar-refractivity contribution in [2.24, 2.45) is 0 Å². The topological polar surface area (TPSA) is 56.8 Å². The van der Waals surface area contributed by atoms with Crippen molar-refractivity contribution in [2.45, 2.75) is 24.7 Å². The van der Waals surface area contributed by atoms with Gasteiger partial charge in [0.2, 0.25) is 5.91 Å². The van der Waals surface area contributed by atoms with Crippen LogP contribution in [0.25, 0.3) is 0 Å². The standard InChI is InChI=1S/C22H27NO4/c1-25-19-9-7-18(8-10-19)22(12-15-26-16-13-22)17-23-21(24)11-14-27-20-5-3-2-4-6-20/h2-10H,11-17H2,1H3,(H,23,24). The lowest BCUT2D eigenvalue weighted by molar-refractivity contribution is -0.122. The zero-order valence-corrected chi connectivity index (χ0v) is 15.8. The van der Waals surface area contributed by atoms with E-state index in [0.717, 1.165) is 24.3 Å². The second-order valence-corrected chi connectivity index (χ2v) is 6.81. The van der Waals surface area contributed by atoms with Crippen molar-refractivity contribution in [1.29, 1.82) is 0 Å². The van der Waals surface area contributed by atoms with E-state index in [9.17, 15) is 4.79 Å². The first-order chi connectivity index (χ1) is 13.2. The average Bonchev–Trinajstić information content (AvgIpc) is 2.74. The van der Waals surface area contributed by atoms with Crippen LogP contribution < -0.4 is 14.8 Å². The molecule has 0 radical (unpaired) electrons. The van der Waals surface area contributed by atoms with Crippen molar-refractivity contribution in [3.8, 4) is 11.5 Å². The van der Waals surface area contributed by atoms with Crippen LogP contribution in [0.3, 0.4) is 0 Å². The molecular weight excluding hydrogens is 342 g/mol. The molecule has 1 saturated heterocycles. The highest BCUT2D eigenvalue weighted by Gasteiger charge is 2.34. The van der Waals surface area contributed by atoms with Crippen molar-refractivity contribution >= 4 is 5.91 Å². The maximum absolute atomic E-state index is 12.3. The van der Waals surface area contributed by atoms with Gasteiger partial charge in [0.05, 0.1) is 20.1 Å². The Balaban J connectivity index is 1.55. The number of ether oxygens (including phenoxy) is 3. The molecule has 0 saturated carbocycles. The molecule has 1 heterocycles. The Kier molecular flexibility index (Phi) is 6.71. The van der Waals surface area contributed by atoms with Gasteiger partial charge in [-0.15, -0.1) is 0 Å². The molecule has 1 amide bonds. The summed E-state index contributed by atoms with van der Waals surface area (Å²) in [6.45, 7) is 2.39. The summed E-state index contributed by atoms with van der Waals surface area (Å²) in [6.07, 6.45) is 2.12. The lowest BCUT2D eigenvalue weighted by Crippen LogP contribution is -2.44. The second kappa shape index (κ2) is 9.42. The van der Waals surface area contributed by atoms with Gasteiger partial charge in [-0.1, -0.05) is 30.3 Å². The van der Waals surface area contributed by atoms with Crippen LogP contribution in [0, 0.1) is 0 Å². The number of carbonyl (C=O) groups is 1. The third kappa shape index (κ3) is 5.23. The van der Waals surface area contributed by atoms with Crippen molar-refractivity contribution in [3.05, 3.63) is 60.2 Å². The quantitative estimate of drug-likeness (QED) is 0.775. The van der Waals surface area contributed by atoms with E-state index in [1.165, 1.54) is 5.56 Å². The molecule has 0 bridgehead atoms. The van der Waals surface area contributed by atoms with Gasteiger partial charge in [-0.2, -0.15) is 0 Å². The SMILES string of the molecule is COc1ccc(C2(CNC(=O)CCOc3ccccc3)CCOCC2)cc1. The number of para-hydroxylation sites is 1. The van der Waals surface area contributed by atoms with E-state index in [-0.39, 0.29) is 11.3 Å². The Morgan fingerprint density at radius 2 is 1.74 bits per heavy atom. The van der Waals surface area contributed by atoms with E-state index in [1.54, 1.807) is 7.11 Å². The fourth-order valence-electron chi connectivity index (χ4n) is 3.41. The Bertz CT molecular complexity index is 709. The van der Waals surface area contributed by atoms with Gasteiger partial charge in [-0.25, -0.2) is 0 Å². The predicted molar refractivity (Wildman–Crippen MR) is 104 cm³/mol. The molecule has 2 aromatic rings. The molecule has 1 aliphatic heterocycles. The van der Waals surface area contributed by atoms with Crippen LogP contribution in [0.15, 0.2) is 54.6 Å². The lowest BCUT2D eigenvalue weighted by atomic mass is 9.74. The van der Waals surface area contributed by atoms with Gasteiger partial charge in [-0.05, 0) is 42.7 Å². The van der Waals surface area contributed by atoms with Crippen LogP contribution in [0.2, 0.25) is 0 Å². The minimum Gasteiger partial charge on any atom is -0.497 e. The van der Waals surface area contributed by atoms with Gasteiger partial charge in [0.1, 0.15) is 11.5 Å². The number of rotatable bonds is 8. The molecule has 3 rings (SSSR count). The molecule has 0 aromatic heterocycles. The van der Waals surface area contributed by atoms with E-state index in [1.807, 2.05) is 42.5 Å². The van der Waals surface area contributed by atoms with Gasteiger partial charge in [0.25, 0.3) is 0 Å². The van der Waals surface area contributed by atoms with Crippen LogP contribution in [0.4, 0.5) is 0 Å². The molecule has 2 aromatic carbocycles. The zero-order chi connectivity index (χ0) is 19.0. The number of hydrogen-bond acceptors (Lipinski definition) is 4. The molecule has 0 spiro atoms. The normalized spacial score (nSPS) is 15.7. The number of benzene rings is 2. The van der Waals surface area contributed by atoms with E-state index >= 15 is 0 Å². The van der Waals surface area contributed by atoms with E-state index in [4.69, 9.17) is 14.2 Å². The molecular formula is C22H27NO4. The molecule has 0 aliphatic carbocycles. The highest BCUT2D eigenvalue weighted by molar-refractivity contribution is 5.76. The van der Waals surface area contributed by atoms with Crippen molar-refractivity contribution in [1.82, 2.24) is 5.32 Å². The first-order valence-corrected chi connectivity index (χ1v) is 9.39. The van der Waals surface area contributed by atoms with E-state index in [2.05, 4.69) is 17.4 Å². The van der Waals surface area contributed by atoms with Crippen molar-refractivity contribution in [2.75, 3.05) is 33.5 Å². The maximum atomic E-state index is 12.3. The summed E-state index contributed by atoms with van der Waals surface area (Å²) >= 11 is 0. The largest absolute Gasteiger partial charge is 0.497 e. The summed E-state index contributed by atoms with van der Waals surface area (Å²) in [6, 6.07) is 17.7. The van der Waals surface area contributed by atoms with Crippen LogP contribution in [-0.4, -0.2) is 39.4 Å². The minimum absolute atomic E-state index is 0.00492. The maximum Gasteiger partial charge on any atom is 0.223 e. The highest BCUT2D eigenvalue weighted by Crippen LogP contribution is 2.35. The fraction of sp³-hybridized carbons (Fsp3) is 0.409. The highest BCUT2D eigenvalue weighted by atomic mass is 16.5. The van der Waals surface area contributed by atoms with E-state index in [0.29, 0.717) is 32.8 Å². The molecule has 5 nitrogen and oxygen atoms in total. The predicted octanol–water partition coefficient (Wildman–Crippen LogP) is 3.33. The average molecular weight is 369 g/mol. The van der Waals surface area contributed by atoms with Crippen LogP contribution >= 0.6 is 0 Å². The Morgan fingerprint density at radius 1 is 1.04 bits per heavy atom. The number of nitrogens with one attached hydrogen (secondary N) is 1. The van der Waals surface area contributed by atoms with Crippen molar-refractivity contribution < 1.29 is 19.0 Å². The molecule has 0 atom stereocenters. The summed E-state index contributed by atoms with van der Waals surface area (Å²) < 4.78 is 16.4. The molecule has 5 heteroatoms. The lowest BCUT2D eigenvalue weighted by Gasteiger charge is -2.38. The van der Waals surface area contributed by atoms with E-state index < -0.39 is 0 Å². The van der Waals surface area contributed by atoms with Crippen molar-refractivity contribution in [3.63, 3.8) is 0 Å². The summed E-state index contributed by atoms with van der Waals surface area (Å²) in [4.78, 5) is 12.3. The summed E-state index contributed by atoms with van der Waals surface area (Å²) in [5.74, 6) is 1.62. The first kappa shape index (κ1) is 19.2. The monoisotopic (exact) mass is 369 g/mol. The number of methoxy groups -OCH3 is 1. The fourth-order valence-corrected chi connectivity index (χ4v) is 3.41. The number of amides is 1. The zero-order valence-electron chi connectivity index (χ0n) is 15.8. The summed E-state index contributed by atoms with van der Waals surface area (Å²) in [5, 5.41) is 3.10. The molecule has 1 fully saturated rings. The molecule has 0 unspecified atom stereocenters. The van der Waals surface area contributed by atoms with Crippen LogP contribution in [0.5, 0.6) is 11.5 Å². The smallest absolute Gasteiger partial charge is 0.223 e. The number of carbonyl (C=O) groups excluding carboxylic acids is 1. The van der Waals surface area contributed by atoms with Gasteiger partial charge in [0, 0.05) is 25.2 Å². The van der Waals surface area contributed by atoms with Crippen LogP contribution in [-0.2, 0) is 14.9 Å². The van der Waals surface area contributed by atoms with Gasteiger partial charge < -0.3 is 19.5 Å². The number of hydrogen-bond donors (Lipinski definition) is 1. The first-order valence-electron chi connectivity index (χ1n) is 9.39. The Morgan fingerprint density at radius 3 is 2.41 bits per heavy atom.